The summed E-state index contributed by atoms with van der Waals surface area (Å²) < 4.78 is 6.94. The highest BCUT2D eigenvalue weighted by Crippen LogP contribution is 2.27. The summed E-state index contributed by atoms with van der Waals surface area (Å²) in [6, 6.07) is 5.43. The predicted molar refractivity (Wildman–Crippen MR) is 67.3 cm³/mol. The van der Waals surface area contributed by atoms with Gasteiger partial charge in [0.05, 0.1) is 18.0 Å². The average Bonchev–Trinajstić information content (AvgIpc) is 2.76. The van der Waals surface area contributed by atoms with E-state index in [1.54, 1.807) is 24.2 Å². The molecule has 0 bridgehead atoms. The van der Waals surface area contributed by atoms with E-state index in [1.807, 2.05) is 19.1 Å². The Morgan fingerprint density at radius 1 is 1.47 bits per heavy atom. The highest BCUT2D eigenvalue weighted by molar-refractivity contribution is 7.78. The topological polar surface area (TPSA) is 52.3 Å². The number of isothiocyanates is 1. The van der Waals surface area contributed by atoms with Crippen molar-refractivity contribution in [2.24, 2.45) is 4.99 Å². The molecule has 2 rings (SSSR count). The van der Waals surface area contributed by atoms with Crippen LogP contribution in [0.4, 0.5) is 5.69 Å². The fourth-order valence-electron chi connectivity index (χ4n) is 1.44. The molecule has 0 spiro atoms. The Balaban J connectivity index is 2.51. The predicted octanol–water partition coefficient (Wildman–Crippen LogP) is 2.32. The third kappa shape index (κ3) is 2.38. The summed E-state index contributed by atoms with van der Waals surface area (Å²) in [6.45, 7) is 1.83. The van der Waals surface area contributed by atoms with Gasteiger partial charge in [-0.15, -0.1) is 0 Å². The van der Waals surface area contributed by atoms with E-state index >= 15 is 0 Å². The first-order chi connectivity index (χ1) is 8.24. The summed E-state index contributed by atoms with van der Waals surface area (Å²) >= 11 is 4.56. The van der Waals surface area contributed by atoms with Gasteiger partial charge in [-0.2, -0.15) is 10.1 Å². The maximum absolute atomic E-state index is 5.29. The van der Waals surface area contributed by atoms with E-state index in [9.17, 15) is 0 Å². The van der Waals surface area contributed by atoms with Crippen LogP contribution in [0.1, 0.15) is 5.82 Å². The zero-order valence-corrected chi connectivity index (χ0v) is 10.2. The molecule has 0 atom stereocenters. The Kier molecular flexibility index (Phi) is 3.27. The summed E-state index contributed by atoms with van der Waals surface area (Å²) in [5.41, 5.74) is 1.49. The zero-order valence-electron chi connectivity index (χ0n) is 9.41. The minimum absolute atomic E-state index is 0.654. The number of ether oxygens (including phenoxy) is 1. The minimum Gasteiger partial charge on any atom is -0.494 e. The van der Waals surface area contributed by atoms with E-state index in [4.69, 9.17) is 4.74 Å². The molecule has 0 aliphatic carbocycles. The fraction of sp³-hybridized carbons (Fsp3) is 0.182. The molecule has 17 heavy (non-hydrogen) atoms. The van der Waals surface area contributed by atoms with E-state index in [0.717, 1.165) is 5.69 Å². The lowest BCUT2D eigenvalue weighted by Crippen LogP contribution is -1.98. The molecule has 0 unspecified atom stereocenters. The smallest absolute Gasteiger partial charge is 0.147 e. The lowest BCUT2D eigenvalue weighted by Gasteiger charge is -2.07. The molecule has 1 aromatic heterocycles. The summed E-state index contributed by atoms with van der Waals surface area (Å²) in [4.78, 5) is 7.97. The van der Waals surface area contributed by atoms with Gasteiger partial charge < -0.3 is 4.74 Å². The highest BCUT2D eigenvalue weighted by Gasteiger charge is 2.07. The van der Waals surface area contributed by atoms with Crippen molar-refractivity contribution in [2.75, 3.05) is 7.11 Å². The average molecular weight is 246 g/mol. The number of hydrogen-bond acceptors (Lipinski definition) is 5. The van der Waals surface area contributed by atoms with Crippen LogP contribution in [0.15, 0.2) is 29.5 Å². The Bertz CT molecular complexity index is 587. The lowest BCUT2D eigenvalue weighted by atomic mass is 10.2. The summed E-state index contributed by atoms with van der Waals surface area (Å²) in [7, 11) is 1.59. The van der Waals surface area contributed by atoms with Gasteiger partial charge >= 0.3 is 0 Å². The van der Waals surface area contributed by atoms with E-state index in [2.05, 4.69) is 32.5 Å². The molecule has 0 saturated heterocycles. The maximum atomic E-state index is 5.29. The van der Waals surface area contributed by atoms with Crippen LogP contribution in [0, 0.1) is 6.92 Å². The van der Waals surface area contributed by atoms with E-state index in [0.29, 0.717) is 17.3 Å². The van der Waals surface area contributed by atoms with Crippen molar-refractivity contribution >= 4 is 23.1 Å². The molecule has 0 fully saturated rings. The van der Waals surface area contributed by atoms with Crippen molar-refractivity contribution in [3.63, 3.8) is 0 Å². The van der Waals surface area contributed by atoms with Crippen LogP contribution < -0.4 is 4.74 Å². The van der Waals surface area contributed by atoms with Gasteiger partial charge in [0.2, 0.25) is 0 Å². The van der Waals surface area contributed by atoms with Crippen LogP contribution in [0.2, 0.25) is 0 Å². The summed E-state index contributed by atoms with van der Waals surface area (Å²) in [6.07, 6.45) is 1.63. The number of aryl methyl sites for hydroxylation is 1. The standard InChI is InChI=1S/C11H10N4OS/c1-8-12-6-15(14-8)10-4-3-9(13-7-17)5-11(10)16-2/h3-6H,1-2H3. The van der Waals surface area contributed by atoms with Gasteiger partial charge in [0.15, 0.2) is 0 Å². The number of aliphatic imine (C=N–C) groups is 1. The Hall–Kier alpha value is -2.04. The second-order valence-corrected chi connectivity index (χ2v) is 3.48. The summed E-state index contributed by atoms with van der Waals surface area (Å²) in [5.74, 6) is 1.36. The van der Waals surface area contributed by atoms with Crippen LogP contribution in [-0.2, 0) is 0 Å². The number of aromatic nitrogens is 3. The highest BCUT2D eigenvalue weighted by atomic mass is 32.1. The zero-order chi connectivity index (χ0) is 12.3. The molecule has 0 radical (unpaired) electrons. The van der Waals surface area contributed by atoms with Crippen molar-refractivity contribution in [2.45, 2.75) is 6.92 Å². The first-order valence-electron chi connectivity index (χ1n) is 4.89. The Morgan fingerprint density at radius 2 is 2.29 bits per heavy atom. The van der Waals surface area contributed by atoms with Gasteiger partial charge in [-0.25, -0.2) is 9.67 Å². The first-order valence-corrected chi connectivity index (χ1v) is 5.30. The molecule has 6 heteroatoms. The fourth-order valence-corrected chi connectivity index (χ4v) is 1.55. The van der Waals surface area contributed by atoms with Crippen LogP contribution >= 0.6 is 12.2 Å². The van der Waals surface area contributed by atoms with Crippen molar-refractivity contribution in [1.82, 2.24) is 14.8 Å². The van der Waals surface area contributed by atoms with Gasteiger partial charge in [0.1, 0.15) is 23.6 Å². The molecule has 1 aromatic carbocycles. The molecule has 5 nitrogen and oxygen atoms in total. The third-order valence-electron chi connectivity index (χ3n) is 2.19. The Morgan fingerprint density at radius 3 is 2.88 bits per heavy atom. The second-order valence-electron chi connectivity index (χ2n) is 3.30. The molecular weight excluding hydrogens is 236 g/mol. The van der Waals surface area contributed by atoms with Crippen molar-refractivity contribution in [3.8, 4) is 11.4 Å². The SMILES string of the molecule is COc1cc(N=C=S)ccc1-n1cnc(C)n1. The lowest BCUT2D eigenvalue weighted by molar-refractivity contribution is 0.412. The molecule has 0 aliphatic heterocycles. The van der Waals surface area contributed by atoms with Crippen LogP contribution in [0.25, 0.3) is 5.69 Å². The monoisotopic (exact) mass is 246 g/mol. The van der Waals surface area contributed by atoms with Crippen molar-refractivity contribution < 1.29 is 4.74 Å². The maximum Gasteiger partial charge on any atom is 0.147 e. The van der Waals surface area contributed by atoms with Crippen molar-refractivity contribution in [1.29, 1.82) is 0 Å². The largest absolute Gasteiger partial charge is 0.494 e. The molecule has 1 heterocycles. The number of nitrogens with zero attached hydrogens (tertiary/aromatic N) is 4. The molecule has 0 saturated carbocycles. The molecule has 0 N–H and O–H groups in total. The minimum atomic E-state index is 0.654. The number of thiocarbonyl (C=S) groups is 1. The van der Waals surface area contributed by atoms with Crippen LogP contribution in [0.3, 0.4) is 0 Å². The number of hydrogen-bond donors (Lipinski definition) is 0. The van der Waals surface area contributed by atoms with E-state index in [1.165, 1.54) is 0 Å². The summed E-state index contributed by atoms with van der Waals surface area (Å²) in [5, 5.41) is 6.54. The Labute approximate surface area is 104 Å². The number of methoxy groups -OCH3 is 1. The van der Waals surface area contributed by atoms with E-state index in [-0.39, 0.29) is 0 Å². The van der Waals surface area contributed by atoms with Gasteiger partial charge in [-0.3, -0.25) is 0 Å². The molecular formula is C11H10N4OS. The van der Waals surface area contributed by atoms with Crippen LogP contribution in [0.5, 0.6) is 5.75 Å². The number of benzene rings is 1. The molecule has 2 aromatic rings. The van der Waals surface area contributed by atoms with E-state index < -0.39 is 0 Å². The normalized spacial score (nSPS) is 9.76. The quantitative estimate of drug-likeness (QED) is 0.616. The third-order valence-corrected chi connectivity index (χ3v) is 2.28. The first kappa shape index (κ1) is 11.4. The van der Waals surface area contributed by atoms with Gasteiger partial charge in [-0.1, -0.05) is 0 Å². The molecule has 86 valence electrons. The number of rotatable bonds is 3. The second kappa shape index (κ2) is 4.86. The molecule has 0 amide bonds. The van der Waals surface area contributed by atoms with Crippen LogP contribution in [-0.4, -0.2) is 27.0 Å². The molecule has 0 aliphatic rings. The van der Waals surface area contributed by atoms with Gasteiger partial charge in [-0.05, 0) is 31.3 Å². The van der Waals surface area contributed by atoms with Gasteiger partial charge in [0.25, 0.3) is 0 Å². The van der Waals surface area contributed by atoms with Gasteiger partial charge in [0, 0.05) is 6.07 Å². The van der Waals surface area contributed by atoms with Crippen molar-refractivity contribution in [3.05, 3.63) is 30.4 Å².